The Morgan fingerprint density at radius 1 is 1.17 bits per heavy atom. The molecule has 0 unspecified atom stereocenters. The highest BCUT2D eigenvalue weighted by Crippen LogP contribution is 2.28. The fraction of sp³-hybridized carbons (Fsp3) is 0.125. The monoisotopic (exact) mass is 368 g/mol. The highest BCUT2D eigenvalue weighted by atomic mass is 35.5. The van der Waals surface area contributed by atoms with Crippen LogP contribution in [0.25, 0.3) is 0 Å². The molecule has 24 heavy (non-hydrogen) atoms. The quantitative estimate of drug-likeness (QED) is 0.623. The summed E-state index contributed by atoms with van der Waals surface area (Å²) >= 11 is 11.7. The standard InChI is InChI=1S/C16H14Cl2N2O4/c1-23-11-4-2-10(3-5-11)20-14(21)8-24-16(22)12-6-9(17)7-13(18)15(12)19/h2-7H,8,19H2,1H3,(H,20,21). The van der Waals surface area contributed by atoms with Gasteiger partial charge in [-0.15, -0.1) is 0 Å². The first-order valence-electron chi connectivity index (χ1n) is 6.76. The summed E-state index contributed by atoms with van der Waals surface area (Å²) in [6.07, 6.45) is 0. The first kappa shape index (κ1) is 17.9. The van der Waals surface area contributed by atoms with E-state index in [0.29, 0.717) is 11.4 Å². The Bertz CT molecular complexity index is 763. The van der Waals surface area contributed by atoms with Gasteiger partial charge in [-0.1, -0.05) is 23.2 Å². The molecule has 6 nitrogen and oxygen atoms in total. The van der Waals surface area contributed by atoms with E-state index in [1.54, 1.807) is 31.4 Å². The molecule has 126 valence electrons. The van der Waals surface area contributed by atoms with Crippen molar-refractivity contribution < 1.29 is 19.1 Å². The number of ether oxygens (including phenoxy) is 2. The zero-order valence-corrected chi connectivity index (χ0v) is 14.1. The number of methoxy groups -OCH3 is 1. The molecule has 0 radical (unpaired) electrons. The number of hydrogen-bond donors (Lipinski definition) is 2. The normalized spacial score (nSPS) is 10.1. The number of carbonyl (C=O) groups excluding carboxylic acids is 2. The average molecular weight is 369 g/mol. The van der Waals surface area contributed by atoms with Crippen LogP contribution >= 0.6 is 23.2 Å². The van der Waals surface area contributed by atoms with Crippen LogP contribution in [0.5, 0.6) is 5.75 Å². The van der Waals surface area contributed by atoms with E-state index in [2.05, 4.69) is 5.32 Å². The highest BCUT2D eigenvalue weighted by molar-refractivity contribution is 6.37. The SMILES string of the molecule is COc1ccc(NC(=O)COC(=O)c2cc(Cl)cc(Cl)c2N)cc1. The van der Waals surface area contributed by atoms with Crippen molar-refractivity contribution in [2.45, 2.75) is 0 Å². The molecule has 0 aliphatic heterocycles. The molecular weight excluding hydrogens is 355 g/mol. The third-order valence-corrected chi connectivity index (χ3v) is 3.55. The van der Waals surface area contributed by atoms with Crippen LogP contribution in [-0.2, 0) is 9.53 Å². The first-order valence-corrected chi connectivity index (χ1v) is 7.52. The van der Waals surface area contributed by atoms with Gasteiger partial charge in [0.05, 0.1) is 23.4 Å². The molecule has 0 heterocycles. The smallest absolute Gasteiger partial charge is 0.340 e. The number of esters is 1. The number of nitrogens with one attached hydrogen (secondary N) is 1. The summed E-state index contributed by atoms with van der Waals surface area (Å²) in [5.74, 6) is -0.630. The van der Waals surface area contributed by atoms with Gasteiger partial charge >= 0.3 is 5.97 Å². The van der Waals surface area contributed by atoms with E-state index in [4.69, 9.17) is 38.4 Å². The molecule has 2 aromatic carbocycles. The minimum atomic E-state index is -0.790. The van der Waals surface area contributed by atoms with Crippen molar-refractivity contribution in [1.29, 1.82) is 0 Å². The van der Waals surface area contributed by atoms with Crippen molar-refractivity contribution in [3.63, 3.8) is 0 Å². The van der Waals surface area contributed by atoms with Gasteiger partial charge in [0, 0.05) is 10.7 Å². The van der Waals surface area contributed by atoms with Crippen molar-refractivity contribution in [3.8, 4) is 5.75 Å². The summed E-state index contributed by atoms with van der Waals surface area (Å²) in [6.45, 7) is -0.478. The number of anilines is 2. The molecule has 0 fully saturated rings. The van der Waals surface area contributed by atoms with Gasteiger partial charge in [-0.05, 0) is 36.4 Å². The van der Waals surface area contributed by atoms with Crippen LogP contribution in [0.2, 0.25) is 10.0 Å². The molecule has 0 saturated heterocycles. The van der Waals surface area contributed by atoms with Gasteiger partial charge in [0.2, 0.25) is 0 Å². The lowest BCUT2D eigenvalue weighted by Gasteiger charge is -2.09. The summed E-state index contributed by atoms with van der Waals surface area (Å²) < 4.78 is 9.94. The van der Waals surface area contributed by atoms with Gasteiger partial charge < -0.3 is 20.5 Å². The van der Waals surface area contributed by atoms with Crippen molar-refractivity contribution >= 4 is 46.5 Å². The molecule has 0 saturated carbocycles. The lowest BCUT2D eigenvalue weighted by atomic mass is 10.2. The van der Waals surface area contributed by atoms with E-state index >= 15 is 0 Å². The van der Waals surface area contributed by atoms with Gasteiger partial charge in [-0.3, -0.25) is 4.79 Å². The van der Waals surface area contributed by atoms with Gasteiger partial charge in [0.25, 0.3) is 5.91 Å². The van der Waals surface area contributed by atoms with Crippen molar-refractivity contribution in [3.05, 3.63) is 52.0 Å². The van der Waals surface area contributed by atoms with Crippen molar-refractivity contribution in [2.75, 3.05) is 24.8 Å². The van der Waals surface area contributed by atoms with Gasteiger partial charge in [-0.25, -0.2) is 4.79 Å². The minimum absolute atomic E-state index is 0.00440. The molecule has 0 atom stereocenters. The summed E-state index contributed by atoms with van der Waals surface area (Å²) in [5, 5.41) is 2.96. The van der Waals surface area contributed by atoms with Crippen LogP contribution < -0.4 is 15.8 Å². The largest absolute Gasteiger partial charge is 0.497 e. The molecule has 0 bridgehead atoms. The van der Waals surface area contributed by atoms with Gasteiger partial charge in [0.15, 0.2) is 6.61 Å². The predicted molar refractivity (Wildman–Crippen MR) is 92.8 cm³/mol. The third-order valence-electron chi connectivity index (χ3n) is 3.02. The Balaban J connectivity index is 1.94. The highest BCUT2D eigenvalue weighted by Gasteiger charge is 2.16. The van der Waals surface area contributed by atoms with E-state index < -0.39 is 18.5 Å². The van der Waals surface area contributed by atoms with E-state index in [0.717, 1.165) is 0 Å². The minimum Gasteiger partial charge on any atom is -0.497 e. The molecule has 0 aliphatic carbocycles. The van der Waals surface area contributed by atoms with Crippen molar-refractivity contribution in [1.82, 2.24) is 0 Å². The van der Waals surface area contributed by atoms with E-state index in [1.165, 1.54) is 12.1 Å². The van der Waals surface area contributed by atoms with Crippen LogP contribution in [0, 0.1) is 0 Å². The first-order chi connectivity index (χ1) is 11.4. The van der Waals surface area contributed by atoms with Crippen LogP contribution in [0.15, 0.2) is 36.4 Å². The van der Waals surface area contributed by atoms with Crippen LogP contribution in [0.3, 0.4) is 0 Å². The maximum absolute atomic E-state index is 12.0. The second-order valence-corrected chi connectivity index (χ2v) is 5.55. The lowest BCUT2D eigenvalue weighted by molar-refractivity contribution is -0.119. The summed E-state index contributed by atoms with van der Waals surface area (Å²) in [7, 11) is 1.54. The summed E-state index contributed by atoms with van der Waals surface area (Å²) in [6, 6.07) is 9.44. The number of nitrogens with two attached hydrogens (primary N) is 1. The maximum Gasteiger partial charge on any atom is 0.340 e. The van der Waals surface area contributed by atoms with Crippen molar-refractivity contribution in [2.24, 2.45) is 0 Å². The fourth-order valence-electron chi connectivity index (χ4n) is 1.83. The number of halogens is 2. The number of rotatable bonds is 5. The van der Waals surface area contributed by atoms with Crippen LogP contribution in [0.1, 0.15) is 10.4 Å². The Hall–Kier alpha value is -2.44. The number of amides is 1. The number of hydrogen-bond acceptors (Lipinski definition) is 5. The molecule has 0 aliphatic rings. The summed E-state index contributed by atoms with van der Waals surface area (Å²) in [4.78, 5) is 23.8. The third kappa shape index (κ3) is 4.53. The van der Waals surface area contributed by atoms with E-state index in [9.17, 15) is 9.59 Å². The molecule has 0 spiro atoms. The molecular formula is C16H14Cl2N2O4. The molecule has 0 aromatic heterocycles. The molecule has 2 aromatic rings. The van der Waals surface area contributed by atoms with Gasteiger partial charge in [0.1, 0.15) is 5.75 Å². The maximum atomic E-state index is 12.0. The second kappa shape index (κ2) is 7.90. The molecule has 3 N–H and O–H groups in total. The Kier molecular flexibility index (Phi) is 5.89. The topological polar surface area (TPSA) is 90.6 Å². The zero-order valence-electron chi connectivity index (χ0n) is 12.6. The predicted octanol–water partition coefficient (Wildman–Crippen LogP) is 3.38. The zero-order chi connectivity index (χ0) is 17.7. The lowest BCUT2D eigenvalue weighted by Crippen LogP contribution is -2.21. The Morgan fingerprint density at radius 3 is 2.46 bits per heavy atom. The molecule has 8 heteroatoms. The summed E-state index contributed by atoms with van der Waals surface area (Å²) in [5.41, 5.74) is 6.30. The van der Waals surface area contributed by atoms with E-state index in [-0.39, 0.29) is 21.3 Å². The second-order valence-electron chi connectivity index (χ2n) is 4.70. The average Bonchev–Trinajstić information content (AvgIpc) is 2.56. The number of carbonyl (C=O) groups is 2. The van der Waals surface area contributed by atoms with Crippen LogP contribution in [-0.4, -0.2) is 25.6 Å². The molecule has 2 rings (SSSR count). The Labute approximate surface area is 148 Å². The van der Waals surface area contributed by atoms with Crippen LogP contribution in [0.4, 0.5) is 11.4 Å². The number of nitrogen functional groups attached to an aromatic ring is 1. The fourth-order valence-corrected chi connectivity index (χ4v) is 2.33. The Morgan fingerprint density at radius 2 is 1.83 bits per heavy atom. The van der Waals surface area contributed by atoms with Gasteiger partial charge in [-0.2, -0.15) is 0 Å². The van der Waals surface area contributed by atoms with E-state index in [1.807, 2.05) is 0 Å². The molecule has 1 amide bonds. The number of benzene rings is 2.